The van der Waals surface area contributed by atoms with E-state index in [9.17, 15) is 19.4 Å². The Morgan fingerprint density at radius 3 is 2.89 bits per heavy atom. The normalized spacial score (nSPS) is 32.4. The minimum absolute atomic E-state index is 0.140. The van der Waals surface area contributed by atoms with E-state index in [4.69, 9.17) is 10.5 Å². The molecule has 1 aromatic heterocycles. The maximum absolute atomic E-state index is 13.3. The number of hydrogen-bond donors (Lipinski definition) is 3. The van der Waals surface area contributed by atoms with E-state index in [-0.39, 0.29) is 12.5 Å². The molecule has 4 atom stereocenters. The summed E-state index contributed by atoms with van der Waals surface area (Å²) < 4.78 is 19.3. The zero-order valence-corrected chi connectivity index (χ0v) is 9.65. The van der Waals surface area contributed by atoms with Gasteiger partial charge < -0.3 is 20.7 Å². The topological polar surface area (TPSA) is 111 Å². The van der Waals surface area contributed by atoms with Crippen LogP contribution < -0.4 is 11.4 Å². The average Bonchev–Trinajstić information content (AvgIpc) is 2.32. The van der Waals surface area contributed by atoms with Crippen molar-refractivity contribution in [1.29, 1.82) is 0 Å². The molecule has 1 aliphatic heterocycles. The molecule has 1 aromatic rings. The van der Waals surface area contributed by atoms with Crippen LogP contribution in [0.15, 0.2) is 11.0 Å². The molecule has 0 spiro atoms. The number of halogens is 1. The van der Waals surface area contributed by atoms with Crippen molar-refractivity contribution in [3.63, 3.8) is 0 Å². The van der Waals surface area contributed by atoms with Gasteiger partial charge in [-0.1, -0.05) is 6.92 Å². The molecule has 0 aromatic carbocycles. The van der Waals surface area contributed by atoms with E-state index < -0.39 is 35.8 Å². The first kappa shape index (κ1) is 12.9. The summed E-state index contributed by atoms with van der Waals surface area (Å²) in [6, 6.07) is 0. The van der Waals surface area contributed by atoms with Crippen LogP contribution in [0.4, 0.5) is 10.2 Å². The molecule has 1 aliphatic rings. The number of aliphatic hydroxyl groups is 2. The molecule has 0 aliphatic carbocycles. The lowest BCUT2D eigenvalue weighted by Gasteiger charge is -2.36. The highest BCUT2D eigenvalue weighted by Crippen LogP contribution is 2.26. The quantitative estimate of drug-likeness (QED) is 0.587. The smallest absolute Gasteiger partial charge is 0.351 e. The molecule has 2 heterocycles. The summed E-state index contributed by atoms with van der Waals surface area (Å²) in [5, 5.41) is 19.5. The van der Waals surface area contributed by atoms with Gasteiger partial charge in [0.05, 0.1) is 18.9 Å². The maximum atomic E-state index is 13.3. The minimum atomic E-state index is -1.34. The second kappa shape index (κ2) is 4.63. The first-order valence-electron chi connectivity index (χ1n) is 5.43. The lowest BCUT2D eigenvalue weighted by molar-refractivity contribution is -0.189. The van der Waals surface area contributed by atoms with Gasteiger partial charge in [0.15, 0.2) is 17.9 Å². The van der Waals surface area contributed by atoms with Crippen molar-refractivity contribution in [2.24, 2.45) is 5.92 Å². The SMILES string of the molecule is CC1COC(n2cc(F)c(N)nc2=O)[C@H](O)[C@@H]1O. The van der Waals surface area contributed by atoms with Crippen LogP contribution in [0, 0.1) is 11.7 Å². The second-order valence-corrected chi connectivity index (χ2v) is 4.35. The van der Waals surface area contributed by atoms with Crippen LogP contribution in [0.3, 0.4) is 0 Å². The Morgan fingerprint density at radius 2 is 2.22 bits per heavy atom. The molecule has 0 radical (unpaired) electrons. The Balaban J connectivity index is 2.37. The molecule has 18 heavy (non-hydrogen) atoms. The third kappa shape index (κ3) is 2.09. The highest BCUT2D eigenvalue weighted by Gasteiger charge is 2.38. The van der Waals surface area contributed by atoms with E-state index in [0.717, 1.165) is 10.8 Å². The predicted octanol–water partition coefficient (Wildman–Crippen LogP) is -1.15. The van der Waals surface area contributed by atoms with Gasteiger partial charge in [-0.25, -0.2) is 9.18 Å². The van der Waals surface area contributed by atoms with Crippen molar-refractivity contribution < 1.29 is 19.3 Å². The van der Waals surface area contributed by atoms with Gasteiger partial charge in [-0.05, 0) is 0 Å². The largest absolute Gasteiger partial charge is 0.390 e. The summed E-state index contributed by atoms with van der Waals surface area (Å²) in [7, 11) is 0. The molecule has 4 N–H and O–H groups in total. The number of ether oxygens (including phenoxy) is 1. The predicted molar refractivity (Wildman–Crippen MR) is 59.0 cm³/mol. The van der Waals surface area contributed by atoms with Crippen molar-refractivity contribution >= 4 is 5.82 Å². The molecular formula is C10H14FN3O4. The Hall–Kier alpha value is -1.51. The van der Waals surface area contributed by atoms with Crippen LogP contribution in [0.5, 0.6) is 0 Å². The van der Waals surface area contributed by atoms with E-state index in [1.165, 1.54) is 0 Å². The molecule has 0 saturated carbocycles. The Bertz CT molecular complexity index is 506. The molecule has 1 saturated heterocycles. The highest BCUT2D eigenvalue weighted by atomic mass is 19.1. The molecule has 7 nitrogen and oxygen atoms in total. The summed E-state index contributed by atoms with van der Waals surface area (Å²) in [6.45, 7) is 1.83. The van der Waals surface area contributed by atoms with Crippen molar-refractivity contribution in [3.8, 4) is 0 Å². The zero-order chi connectivity index (χ0) is 13.4. The number of rotatable bonds is 1. The first-order valence-corrected chi connectivity index (χ1v) is 5.43. The molecule has 0 amide bonds. The van der Waals surface area contributed by atoms with Gasteiger partial charge in [0, 0.05) is 5.92 Å². The van der Waals surface area contributed by atoms with Crippen molar-refractivity contribution in [1.82, 2.24) is 9.55 Å². The van der Waals surface area contributed by atoms with Gasteiger partial charge in [-0.2, -0.15) is 4.98 Å². The van der Waals surface area contributed by atoms with Gasteiger partial charge in [0.1, 0.15) is 6.10 Å². The number of nitrogen functional groups attached to an aromatic ring is 1. The van der Waals surface area contributed by atoms with E-state index >= 15 is 0 Å². The number of nitrogens with zero attached hydrogens (tertiary/aromatic N) is 2. The van der Waals surface area contributed by atoms with Crippen LogP contribution in [0.2, 0.25) is 0 Å². The average molecular weight is 259 g/mol. The minimum Gasteiger partial charge on any atom is -0.390 e. The van der Waals surface area contributed by atoms with Crippen LogP contribution in [0.25, 0.3) is 0 Å². The number of nitrogens with two attached hydrogens (primary N) is 1. The standard InChI is InChI=1S/C10H14FN3O4/c1-4-3-18-9(7(16)6(4)15)14-2-5(11)8(12)13-10(14)17/h2,4,6-7,9,15-16H,3H2,1H3,(H2,12,13,17)/t4?,6-,7-,9?/m1/s1. The number of aliphatic hydroxyl groups excluding tert-OH is 2. The van der Waals surface area contributed by atoms with Gasteiger partial charge in [-0.15, -0.1) is 0 Å². The van der Waals surface area contributed by atoms with E-state index in [2.05, 4.69) is 4.98 Å². The highest BCUT2D eigenvalue weighted by molar-refractivity contribution is 5.26. The number of hydrogen-bond acceptors (Lipinski definition) is 6. The summed E-state index contributed by atoms with van der Waals surface area (Å²) in [6.07, 6.45) is -2.76. The molecule has 100 valence electrons. The number of aromatic nitrogens is 2. The van der Waals surface area contributed by atoms with Crippen molar-refractivity contribution in [3.05, 3.63) is 22.5 Å². The fourth-order valence-electron chi connectivity index (χ4n) is 1.84. The Kier molecular flexibility index (Phi) is 3.33. The lowest BCUT2D eigenvalue weighted by atomic mass is 9.97. The fourth-order valence-corrected chi connectivity index (χ4v) is 1.84. The zero-order valence-electron chi connectivity index (χ0n) is 9.65. The first-order chi connectivity index (χ1) is 8.41. The summed E-state index contributed by atoms with van der Waals surface area (Å²) >= 11 is 0. The van der Waals surface area contributed by atoms with Crippen LogP contribution in [-0.2, 0) is 4.74 Å². The summed E-state index contributed by atoms with van der Waals surface area (Å²) in [5.41, 5.74) is 4.30. The van der Waals surface area contributed by atoms with Crippen LogP contribution in [-0.4, -0.2) is 38.6 Å². The molecule has 1 fully saturated rings. The monoisotopic (exact) mass is 259 g/mol. The van der Waals surface area contributed by atoms with Crippen LogP contribution >= 0.6 is 0 Å². The molecule has 2 unspecified atom stereocenters. The Labute approximate surface area is 102 Å². The fraction of sp³-hybridized carbons (Fsp3) is 0.600. The summed E-state index contributed by atoms with van der Waals surface area (Å²) in [5.74, 6) is -1.69. The maximum Gasteiger partial charge on any atom is 0.351 e. The number of anilines is 1. The van der Waals surface area contributed by atoms with Crippen LogP contribution in [0.1, 0.15) is 13.2 Å². The van der Waals surface area contributed by atoms with Gasteiger partial charge >= 0.3 is 5.69 Å². The molecular weight excluding hydrogens is 245 g/mol. The van der Waals surface area contributed by atoms with Gasteiger partial charge in [0.2, 0.25) is 0 Å². The second-order valence-electron chi connectivity index (χ2n) is 4.35. The third-order valence-corrected chi connectivity index (χ3v) is 2.96. The molecule has 2 rings (SSSR count). The summed E-state index contributed by atoms with van der Waals surface area (Å²) in [4.78, 5) is 14.8. The molecule has 8 heteroatoms. The lowest BCUT2D eigenvalue weighted by Crippen LogP contribution is -2.49. The van der Waals surface area contributed by atoms with E-state index in [1.807, 2.05) is 0 Å². The van der Waals surface area contributed by atoms with Crippen molar-refractivity contribution in [2.75, 3.05) is 12.3 Å². The molecule has 0 bridgehead atoms. The third-order valence-electron chi connectivity index (χ3n) is 2.96. The van der Waals surface area contributed by atoms with E-state index in [0.29, 0.717) is 0 Å². The van der Waals surface area contributed by atoms with E-state index in [1.54, 1.807) is 6.92 Å². The van der Waals surface area contributed by atoms with Crippen molar-refractivity contribution in [2.45, 2.75) is 25.4 Å². The van der Waals surface area contributed by atoms with Gasteiger partial charge in [-0.3, -0.25) is 4.57 Å². The van der Waals surface area contributed by atoms with Gasteiger partial charge in [0.25, 0.3) is 0 Å². The Morgan fingerprint density at radius 1 is 1.56 bits per heavy atom.